The molecule has 94 valence electrons. The van der Waals surface area contributed by atoms with E-state index < -0.39 is 29.0 Å². The molecular weight excluding hydrogens is 208 g/mol. The first kappa shape index (κ1) is 14.7. The minimum absolute atomic E-state index is 0.575. The van der Waals surface area contributed by atoms with Gasteiger partial charge in [-0.15, -0.1) is 0 Å². The van der Waals surface area contributed by atoms with Crippen molar-refractivity contribution in [2.45, 2.75) is 53.1 Å². The summed E-state index contributed by atoms with van der Waals surface area (Å²) in [4.78, 5) is 23.9. The van der Waals surface area contributed by atoms with Crippen LogP contribution in [-0.2, 0) is 4.79 Å². The number of carbonyl (C=O) groups is 2. The number of carbonyl (C=O) groups excluding carboxylic acids is 1. The van der Waals surface area contributed by atoms with Crippen LogP contribution in [0.1, 0.15) is 41.5 Å². The van der Waals surface area contributed by atoms with Crippen LogP contribution in [0.3, 0.4) is 0 Å². The Morgan fingerprint density at radius 1 is 1.12 bits per heavy atom. The van der Waals surface area contributed by atoms with Crippen molar-refractivity contribution in [2.75, 3.05) is 0 Å². The van der Waals surface area contributed by atoms with Gasteiger partial charge in [-0.05, 0) is 26.2 Å². The maximum atomic E-state index is 11.4. The Kier molecular flexibility index (Phi) is 3.97. The van der Waals surface area contributed by atoms with Gasteiger partial charge in [-0.1, -0.05) is 20.8 Å². The van der Waals surface area contributed by atoms with E-state index in [1.165, 1.54) is 4.90 Å². The van der Waals surface area contributed by atoms with Crippen LogP contribution in [0.5, 0.6) is 0 Å². The fourth-order valence-electron chi connectivity index (χ4n) is 1.71. The molecule has 1 unspecified atom stereocenters. The topological polar surface area (TPSA) is 83.6 Å². The summed E-state index contributed by atoms with van der Waals surface area (Å²) in [5.74, 6) is -1.04. The minimum Gasteiger partial charge on any atom is -0.480 e. The Morgan fingerprint density at radius 2 is 1.50 bits per heavy atom. The second-order valence-electron chi connectivity index (χ2n) is 5.99. The molecule has 0 aliphatic carbocycles. The predicted octanol–water partition coefficient (Wildman–Crippen LogP) is 1.66. The number of carboxylic acid groups (broad SMARTS) is 1. The Morgan fingerprint density at radius 3 is 1.56 bits per heavy atom. The molecule has 0 rings (SSSR count). The fourth-order valence-corrected chi connectivity index (χ4v) is 1.71. The first-order valence-electron chi connectivity index (χ1n) is 5.20. The zero-order valence-corrected chi connectivity index (χ0v) is 10.9. The van der Waals surface area contributed by atoms with Crippen molar-refractivity contribution < 1.29 is 14.7 Å². The van der Waals surface area contributed by atoms with Crippen LogP contribution in [0, 0.1) is 5.41 Å². The summed E-state index contributed by atoms with van der Waals surface area (Å²) in [6.45, 7) is 10.6. The lowest BCUT2D eigenvalue weighted by Gasteiger charge is -2.43. The zero-order valence-electron chi connectivity index (χ0n) is 10.9. The molecule has 5 heteroatoms. The van der Waals surface area contributed by atoms with E-state index >= 15 is 0 Å². The van der Waals surface area contributed by atoms with Gasteiger partial charge in [-0.25, -0.2) is 9.59 Å². The molecule has 0 fully saturated rings. The quantitative estimate of drug-likeness (QED) is 0.756. The Labute approximate surface area is 96.6 Å². The lowest BCUT2D eigenvalue weighted by molar-refractivity contribution is -0.148. The first-order chi connectivity index (χ1) is 6.89. The highest BCUT2D eigenvalue weighted by molar-refractivity contribution is 5.83. The van der Waals surface area contributed by atoms with Gasteiger partial charge < -0.3 is 15.7 Å². The average Bonchev–Trinajstić information content (AvgIpc) is 1.92. The van der Waals surface area contributed by atoms with E-state index in [0.717, 1.165) is 0 Å². The number of rotatable bonds is 2. The van der Waals surface area contributed by atoms with E-state index in [1.54, 1.807) is 41.5 Å². The maximum absolute atomic E-state index is 11.4. The average molecular weight is 230 g/mol. The van der Waals surface area contributed by atoms with E-state index in [9.17, 15) is 14.7 Å². The lowest BCUT2D eigenvalue weighted by atomic mass is 9.83. The molecule has 1 atom stereocenters. The van der Waals surface area contributed by atoms with Crippen LogP contribution in [0.2, 0.25) is 0 Å². The van der Waals surface area contributed by atoms with Crippen molar-refractivity contribution in [1.82, 2.24) is 4.90 Å². The third-order valence-electron chi connectivity index (χ3n) is 2.27. The molecule has 5 nitrogen and oxygen atoms in total. The van der Waals surface area contributed by atoms with E-state index in [0.29, 0.717) is 0 Å². The summed E-state index contributed by atoms with van der Waals surface area (Å²) < 4.78 is 0. The van der Waals surface area contributed by atoms with Gasteiger partial charge in [0.1, 0.15) is 6.04 Å². The van der Waals surface area contributed by atoms with Gasteiger partial charge in [0.05, 0.1) is 0 Å². The van der Waals surface area contributed by atoms with E-state index in [4.69, 9.17) is 5.73 Å². The molecule has 0 aromatic heterocycles. The number of hydrogen-bond acceptors (Lipinski definition) is 2. The second-order valence-corrected chi connectivity index (χ2v) is 5.99. The maximum Gasteiger partial charge on any atom is 0.327 e. The molecule has 0 aromatic carbocycles. The van der Waals surface area contributed by atoms with Gasteiger partial charge in [0.25, 0.3) is 0 Å². The molecule has 0 aliphatic rings. The number of aliphatic carboxylic acids is 1. The monoisotopic (exact) mass is 230 g/mol. The highest BCUT2D eigenvalue weighted by Crippen LogP contribution is 2.29. The summed E-state index contributed by atoms with van der Waals surface area (Å²) in [6, 6.07) is -1.65. The molecule has 0 saturated heterocycles. The number of nitrogens with two attached hydrogens (primary N) is 1. The Hall–Kier alpha value is -1.26. The first-order valence-corrected chi connectivity index (χ1v) is 5.20. The molecule has 0 saturated carbocycles. The third kappa shape index (κ3) is 3.40. The number of urea groups is 1. The fraction of sp³-hybridized carbons (Fsp3) is 0.818. The summed E-state index contributed by atoms with van der Waals surface area (Å²) in [7, 11) is 0. The Balaban J connectivity index is 5.48. The predicted molar refractivity (Wildman–Crippen MR) is 62.1 cm³/mol. The van der Waals surface area contributed by atoms with Crippen molar-refractivity contribution in [3.8, 4) is 0 Å². The number of carboxylic acids is 1. The number of primary amides is 1. The molecule has 2 amide bonds. The molecule has 3 N–H and O–H groups in total. The van der Waals surface area contributed by atoms with Crippen molar-refractivity contribution in [3.05, 3.63) is 0 Å². The van der Waals surface area contributed by atoms with E-state index in [1.807, 2.05) is 0 Å². The summed E-state index contributed by atoms with van der Waals surface area (Å²) >= 11 is 0. The summed E-state index contributed by atoms with van der Waals surface area (Å²) in [6.07, 6.45) is 0. The van der Waals surface area contributed by atoms with Crippen molar-refractivity contribution in [1.29, 1.82) is 0 Å². The molecule has 0 heterocycles. The van der Waals surface area contributed by atoms with Gasteiger partial charge in [0, 0.05) is 5.54 Å². The molecule has 0 bridgehead atoms. The second kappa shape index (κ2) is 4.31. The molecule has 0 spiro atoms. The molecule has 0 aliphatic heterocycles. The van der Waals surface area contributed by atoms with Gasteiger partial charge in [0.15, 0.2) is 0 Å². The molecule has 0 radical (unpaired) electrons. The number of hydrogen-bond donors (Lipinski definition) is 2. The summed E-state index contributed by atoms with van der Waals surface area (Å²) in [5, 5.41) is 9.24. The normalized spacial score (nSPS) is 14.4. The number of nitrogens with zero attached hydrogens (tertiary/aromatic N) is 1. The SMILES string of the molecule is CC(C)(C)C(C(=O)O)N(C(N)=O)C(C)(C)C. The van der Waals surface area contributed by atoms with Crippen molar-refractivity contribution in [2.24, 2.45) is 11.1 Å². The standard InChI is InChI=1S/C11H22N2O3/c1-10(2,3)7(8(14)15)13(9(12)16)11(4,5)6/h7H,1-6H3,(H2,12,16)(H,14,15). The highest BCUT2D eigenvalue weighted by atomic mass is 16.4. The van der Waals surface area contributed by atoms with Crippen molar-refractivity contribution >= 4 is 12.0 Å². The highest BCUT2D eigenvalue weighted by Gasteiger charge is 2.43. The van der Waals surface area contributed by atoms with Gasteiger partial charge >= 0.3 is 12.0 Å². The smallest absolute Gasteiger partial charge is 0.327 e. The molecular formula is C11H22N2O3. The zero-order chi connectivity index (χ0) is 13.3. The van der Waals surface area contributed by atoms with Crippen LogP contribution in [0.15, 0.2) is 0 Å². The van der Waals surface area contributed by atoms with Gasteiger partial charge in [0.2, 0.25) is 0 Å². The third-order valence-corrected chi connectivity index (χ3v) is 2.27. The van der Waals surface area contributed by atoms with E-state index in [-0.39, 0.29) is 0 Å². The van der Waals surface area contributed by atoms with Gasteiger partial charge in [-0.2, -0.15) is 0 Å². The van der Waals surface area contributed by atoms with Crippen LogP contribution < -0.4 is 5.73 Å². The molecule has 0 aromatic rings. The summed E-state index contributed by atoms with van der Waals surface area (Å²) in [5.41, 5.74) is 4.08. The van der Waals surface area contributed by atoms with Crippen molar-refractivity contribution in [3.63, 3.8) is 0 Å². The lowest BCUT2D eigenvalue weighted by Crippen LogP contribution is -2.60. The van der Waals surface area contributed by atoms with Crippen LogP contribution in [0.4, 0.5) is 4.79 Å². The Bertz CT molecular complexity index is 257. The van der Waals surface area contributed by atoms with Crippen LogP contribution >= 0.6 is 0 Å². The number of amides is 2. The van der Waals surface area contributed by atoms with Crippen LogP contribution in [0.25, 0.3) is 0 Å². The van der Waals surface area contributed by atoms with Gasteiger partial charge in [-0.3, -0.25) is 0 Å². The molecule has 16 heavy (non-hydrogen) atoms. The van der Waals surface area contributed by atoms with E-state index in [2.05, 4.69) is 0 Å². The largest absolute Gasteiger partial charge is 0.480 e. The minimum atomic E-state index is -1.04. The van der Waals surface area contributed by atoms with Crippen LogP contribution in [-0.4, -0.2) is 33.6 Å².